The molecule has 0 amide bonds. The summed E-state index contributed by atoms with van der Waals surface area (Å²) >= 11 is 14.9. The molecule has 0 atom stereocenters. The van der Waals surface area contributed by atoms with Crippen molar-refractivity contribution in [2.75, 3.05) is 59.4 Å². The monoisotopic (exact) mass is 645 g/mol. The van der Waals surface area contributed by atoms with Crippen LogP contribution >= 0.6 is 23.2 Å². The van der Waals surface area contributed by atoms with E-state index in [0.717, 1.165) is 39.1 Å². The Morgan fingerprint density at radius 2 is 1.12 bits per heavy atom. The molecule has 0 aromatic rings. The molecule has 1 heterocycles. The molecule has 0 bridgehead atoms. The molecule has 2 rings (SSSR count). The molecular formula is C37H74Cl2N4. The van der Waals surface area contributed by atoms with Crippen molar-refractivity contribution in [3.63, 3.8) is 0 Å². The van der Waals surface area contributed by atoms with E-state index in [0.29, 0.717) is 6.04 Å². The van der Waals surface area contributed by atoms with Crippen molar-refractivity contribution in [3.8, 4) is 0 Å². The first-order chi connectivity index (χ1) is 21.0. The van der Waals surface area contributed by atoms with Crippen molar-refractivity contribution in [1.29, 1.82) is 0 Å². The Balaban J connectivity index is 2.08. The number of nitrogens with one attached hydrogen (secondary N) is 1. The first-order valence-corrected chi connectivity index (χ1v) is 20.0. The SMILES string of the molecule is CCCCCCCCN1CCNCCCN(C)CCCCN(C2CCCCCCCCCCCCCCC2)C(Cl)(Cl)CC1. The van der Waals surface area contributed by atoms with Crippen molar-refractivity contribution < 1.29 is 0 Å². The fourth-order valence-corrected chi connectivity index (χ4v) is 7.89. The van der Waals surface area contributed by atoms with Gasteiger partial charge in [-0.3, -0.25) is 4.90 Å². The van der Waals surface area contributed by atoms with Gasteiger partial charge in [0.05, 0.1) is 0 Å². The third kappa shape index (κ3) is 20.3. The maximum absolute atomic E-state index is 7.46. The largest absolute Gasteiger partial charge is 0.315 e. The second-order valence-corrected chi connectivity index (χ2v) is 15.6. The van der Waals surface area contributed by atoms with E-state index in [4.69, 9.17) is 23.2 Å². The molecule has 1 saturated carbocycles. The van der Waals surface area contributed by atoms with Gasteiger partial charge >= 0.3 is 0 Å². The zero-order valence-electron chi connectivity index (χ0n) is 29.0. The van der Waals surface area contributed by atoms with E-state index in [2.05, 4.69) is 34.0 Å². The Bertz CT molecular complexity index is 603. The van der Waals surface area contributed by atoms with Gasteiger partial charge < -0.3 is 15.1 Å². The van der Waals surface area contributed by atoms with E-state index in [1.807, 2.05) is 0 Å². The summed E-state index contributed by atoms with van der Waals surface area (Å²) in [7, 11) is 2.29. The summed E-state index contributed by atoms with van der Waals surface area (Å²) in [5.74, 6) is 0. The molecule has 1 saturated heterocycles. The van der Waals surface area contributed by atoms with Crippen LogP contribution in [0, 0.1) is 0 Å². The summed E-state index contributed by atoms with van der Waals surface area (Å²) in [5, 5.41) is 3.72. The third-order valence-corrected chi connectivity index (χ3v) is 11.0. The average molecular weight is 646 g/mol. The van der Waals surface area contributed by atoms with Gasteiger partial charge in [0, 0.05) is 38.6 Å². The van der Waals surface area contributed by atoms with Crippen LogP contribution in [-0.2, 0) is 0 Å². The van der Waals surface area contributed by atoms with Gasteiger partial charge in [0.25, 0.3) is 0 Å². The zero-order valence-corrected chi connectivity index (χ0v) is 30.5. The molecule has 6 heteroatoms. The molecule has 1 aliphatic heterocycles. The highest BCUT2D eigenvalue weighted by atomic mass is 35.5. The fourth-order valence-electron chi connectivity index (χ4n) is 7.27. The minimum atomic E-state index is -0.790. The molecule has 0 aromatic heterocycles. The highest BCUT2D eigenvalue weighted by molar-refractivity contribution is 6.48. The van der Waals surface area contributed by atoms with E-state index in [-0.39, 0.29) is 0 Å². The lowest BCUT2D eigenvalue weighted by Gasteiger charge is -2.42. The van der Waals surface area contributed by atoms with E-state index in [1.165, 1.54) is 174 Å². The lowest BCUT2D eigenvalue weighted by molar-refractivity contribution is 0.112. The topological polar surface area (TPSA) is 21.8 Å². The molecule has 1 aliphatic carbocycles. The van der Waals surface area contributed by atoms with Crippen molar-refractivity contribution in [1.82, 2.24) is 20.0 Å². The standard InChI is InChI=1S/C37H74Cl2N4/c1-3-4-5-6-18-21-32-42-34-27-37(38,39)43(33-23-22-30-41(2)31-24-28-40-29-35-42)36-25-19-16-14-12-10-8-7-9-11-13-15-17-20-26-36/h36,40H,3-35H2,1-2H3. The normalized spacial score (nSPS) is 24.6. The van der Waals surface area contributed by atoms with E-state index in [1.54, 1.807) is 0 Å². The van der Waals surface area contributed by atoms with Gasteiger partial charge in [-0.15, -0.1) is 0 Å². The van der Waals surface area contributed by atoms with Crippen LogP contribution in [0.1, 0.15) is 167 Å². The summed E-state index contributed by atoms with van der Waals surface area (Å²) in [6.07, 6.45) is 33.3. The van der Waals surface area contributed by atoms with Crippen LogP contribution in [0.15, 0.2) is 0 Å². The number of unbranched alkanes of at least 4 members (excludes halogenated alkanes) is 5. The van der Waals surface area contributed by atoms with Gasteiger partial charge in [0.1, 0.15) is 0 Å². The van der Waals surface area contributed by atoms with Gasteiger partial charge in [-0.1, -0.05) is 146 Å². The highest BCUT2D eigenvalue weighted by Crippen LogP contribution is 2.36. The Labute approximate surface area is 279 Å². The Morgan fingerprint density at radius 1 is 0.581 bits per heavy atom. The summed E-state index contributed by atoms with van der Waals surface area (Å²) in [4.78, 5) is 7.76. The fraction of sp³-hybridized carbons (Fsp3) is 1.00. The Kier molecular flexibility index (Phi) is 24.4. The number of alkyl halides is 2. The Hall–Kier alpha value is 0.420. The maximum Gasteiger partial charge on any atom is 0.172 e. The molecule has 1 N–H and O–H groups in total. The average Bonchev–Trinajstić information content (AvgIpc) is 2.98. The predicted molar refractivity (Wildman–Crippen MR) is 193 cm³/mol. The summed E-state index contributed by atoms with van der Waals surface area (Å²) in [6.45, 7) is 11.1. The number of hydrogen-bond donors (Lipinski definition) is 1. The minimum Gasteiger partial charge on any atom is -0.315 e. The smallest absolute Gasteiger partial charge is 0.172 e. The zero-order chi connectivity index (χ0) is 30.9. The Morgan fingerprint density at radius 3 is 1.74 bits per heavy atom. The van der Waals surface area contributed by atoms with Crippen molar-refractivity contribution in [2.24, 2.45) is 0 Å². The predicted octanol–water partition coefficient (Wildman–Crippen LogP) is 10.4. The highest BCUT2D eigenvalue weighted by Gasteiger charge is 2.36. The molecule has 0 spiro atoms. The van der Waals surface area contributed by atoms with Crippen LogP contribution in [-0.4, -0.2) is 84.6 Å². The molecule has 0 aromatic carbocycles. The molecule has 4 nitrogen and oxygen atoms in total. The molecular weight excluding hydrogens is 571 g/mol. The van der Waals surface area contributed by atoms with E-state index in [9.17, 15) is 0 Å². The lowest BCUT2D eigenvalue weighted by atomic mass is 9.97. The maximum atomic E-state index is 7.46. The van der Waals surface area contributed by atoms with Crippen LogP contribution in [0.5, 0.6) is 0 Å². The van der Waals surface area contributed by atoms with Crippen molar-refractivity contribution in [2.45, 2.75) is 178 Å². The van der Waals surface area contributed by atoms with Crippen LogP contribution < -0.4 is 5.32 Å². The summed E-state index contributed by atoms with van der Waals surface area (Å²) < 4.78 is -0.790. The molecule has 256 valence electrons. The summed E-state index contributed by atoms with van der Waals surface area (Å²) in [6, 6.07) is 0.508. The van der Waals surface area contributed by atoms with Gasteiger partial charge in [0.2, 0.25) is 0 Å². The minimum absolute atomic E-state index is 0.508. The van der Waals surface area contributed by atoms with Crippen molar-refractivity contribution in [3.05, 3.63) is 0 Å². The number of nitrogens with zero attached hydrogens (tertiary/aromatic N) is 3. The van der Waals surface area contributed by atoms with Crippen LogP contribution in [0.4, 0.5) is 0 Å². The molecule has 2 aliphatic rings. The van der Waals surface area contributed by atoms with Crippen LogP contribution in [0.2, 0.25) is 0 Å². The molecule has 0 radical (unpaired) electrons. The van der Waals surface area contributed by atoms with E-state index < -0.39 is 4.46 Å². The van der Waals surface area contributed by atoms with Gasteiger partial charge in [-0.25, -0.2) is 0 Å². The van der Waals surface area contributed by atoms with Crippen LogP contribution in [0.25, 0.3) is 0 Å². The second-order valence-electron chi connectivity index (χ2n) is 14.2. The quantitative estimate of drug-likeness (QED) is 0.161. The first-order valence-electron chi connectivity index (χ1n) is 19.3. The number of rotatable bonds is 8. The lowest BCUT2D eigenvalue weighted by Crippen LogP contribution is -2.49. The molecule has 0 unspecified atom stereocenters. The summed E-state index contributed by atoms with van der Waals surface area (Å²) in [5.41, 5.74) is 0. The number of hydrogen-bond acceptors (Lipinski definition) is 4. The van der Waals surface area contributed by atoms with Gasteiger partial charge in [0.15, 0.2) is 4.46 Å². The third-order valence-electron chi connectivity index (χ3n) is 10.2. The van der Waals surface area contributed by atoms with E-state index >= 15 is 0 Å². The molecule has 43 heavy (non-hydrogen) atoms. The first kappa shape index (κ1) is 39.6. The van der Waals surface area contributed by atoms with Crippen LogP contribution in [0.3, 0.4) is 0 Å². The molecule has 2 fully saturated rings. The second kappa shape index (κ2) is 26.5. The number of halogens is 2. The van der Waals surface area contributed by atoms with Crippen molar-refractivity contribution >= 4 is 23.2 Å². The van der Waals surface area contributed by atoms with Gasteiger partial charge in [-0.05, 0) is 71.8 Å². The van der Waals surface area contributed by atoms with Gasteiger partial charge in [-0.2, -0.15) is 0 Å².